The second-order valence-electron chi connectivity index (χ2n) is 29.4. The number of aliphatic hydroxyl groups excluding tert-OH is 1. The van der Waals surface area contributed by atoms with E-state index in [4.69, 9.17) is 37.0 Å². The molecule has 98 heavy (non-hydrogen) atoms. The highest BCUT2D eigenvalue weighted by Gasteiger charge is 2.30. The van der Waals surface area contributed by atoms with Crippen molar-refractivity contribution in [2.45, 2.75) is 432 Å². The Bertz CT molecular complexity index is 1890. The Morgan fingerprint density at radius 2 is 0.469 bits per heavy atom. The van der Waals surface area contributed by atoms with E-state index in [0.29, 0.717) is 31.6 Å². The summed E-state index contributed by atoms with van der Waals surface area (Å²) in [6, 6.07) is 0. The van der Waals surface area contributed by atoms with Gasteiger partial charge in [-0.05, 0) is 37.5 Å². The Morgan fingerprint density at radius 1 is 0.276 bits per heavy atom. The molecule has 0 aromatic heterocycles. The predicted molar refractivity (Wildman–Crippen MR) is 400 cm³/mol. The zero-order valence-corrected chi connectivity index (χ0v) is 65.9. The van der Waals surface area contributed by atoms with Crippen molar-refractivity contribution in [3.63, 3.8) is 0 Å². The molecule has 0 aromatic carbocycles. The minimum atomic E-state index is -4.96. The molecule has 0 amide bonds. The molecule has 17 nitrogen and oxygen atoms in total. The minimum Gasteiger partial charge on any atom is -0.462 e. The van der Waals surface area contributed by atoms with Crippen molar-refractivity contribution in [3.8, 4) is 0 Å². The fourth-order valence-corrected chi connectivity index (χ4v) is 13.8. The van der Waals surface area contributed by atoms with Gasteiger partial charge in [-0.2, -0.15) is 0 Å². The van der Waals surface area contributed by atoms with Crippen LogP contribution in [-0.4, -0.2) is 96.7 Å². The van der Waals surface area contributed by atoms with E-state index in [9.17, 15) is 43.2 Å². The van der Waals surface area contributed by atoms with Gasteiger partial charge in [0.2, 0.25) is 0 Å². The number of hydrogen-bond donors (Lipinski definition) is 3. The van der Waals surface area contributed by atoms with Gasteiger partial charge >= 0.3 is 39.5 Å². The van der Waals surface area contributed by atoms with Crippen LogP contribution in [0.25, 0.3) is 0 Å². The van der Waals surface area contributed by atoms with Gasteiger partial charge in [-0.15, -0.1) is 0 Å². The Labute approximate surface area is 600 Å². The number of carbonyl (C=O) groups excluding carboxylic acids is 4. The van der Waals surface area contributed by atoms with Gasteiger partial charge in [0.15, 0.2) is 12.2 Å². The lowest BCUT2D eigenvalue weighted by molar-refractivity contribution is -0.161. The first-order chi connectivity index (χ1) is 47.4. The van der Waals surface area contributed by atoms with Gasteiger partial charge in [0.25, 0.3) is 0 Å². The average Bonchev–Trinajstić information content (AvgIpc) is 0.963. The summed E-state index contributed by atoms with van der Waals surface area (Å²) in [5.41, 5.74) is 0. The quantitative estimate of drug-likeness (QED) is 0.0222. The molecule has 0 bridgehead atoms. The second kappa shape index (κ2) is 70.7. The van der Waals surface area contributed by atoms with Crippen LogP contribution >= 0.6 is 15.6 Å². The van der Waals surface area contributed by atoms with Crippen LogP contribution in [0.4, 0.5) is 0 Å². The predicted octanol–water partition coefficient (Wildman–Crippen LogP) is 23.5. The maximum atomic E-state index is 13.1. The zero-order valence-electron chi connectivity index (χ0n) is 64.1. The van der Waals surface area contributed by atoms with Crippen molar-refractivity contribution in [3.05, 3.63) is 0 Å². The molecule has 3 N–H and O–H groups in total. The minimum absolute atomic E-state index is 0.107. The molecule has 0 saturated heterocycles. The number of ether oxygens (including phenoxy) is 4. The van der Waals surface area contributed by atoms with Crippen molar-refractivity contribution in [1.82, 2.24) is 0 Å². The first kappa shape index (κ1) is 96.1. The third-order valence-electron chi connectivity index (χ3n) is 18.5. The lowest BCUT2D eigenvalue weighted by Gasteiger charge is -2.21. The van der Waals surface area contributed by atoms with Crippen molar-refractivity contribution in [2.24, 2.45) is 11.8 Å². The SMILES string of the molecule is CCCCCCCCCCCCCCCCCCCCCC(=O)O[C@H](COC(=O)CCCCCCCCCCCCCCCCC(C)C)COP(=O)(O)OC[C@@H](O)COP(=O)(O)OC[C@@H](COC(=O)CCCCCCCCCC(C)C)OC(=O)CCCCCCCCCCCCCC. The highest BCUT2D eigenvalue weighted by molar-refractivity contribution is 7.47. The van der Waals surface area contributed by atoms with E-state index in [0.717, 1.165) is 102 Å². The third kappa shape index (κ3) is 72.4. The molecule has 0 aliphatic heterocycles. The van der Waals surface area contributed by atoms with E-state index >= 15 is 0 Å². The molecule has 5 atom stereocenters. The standard InChI is InChI=1S/C79H154O17P2/c1-7-9-11-13-15-17-19-21-22-23-24-25-26-31-35-39-45-52-58-64-79(84)95-74(67-89-76(81)61-55-49-43-37-34-30-28-27-29-32-36-41-47-53-59-71(3)4)69-93-97(85,86)91-65-73(80)66-92-98(87,88)94-70-75(68-90-77(82)62-56-50-46-40-42-48-54-60-72(5)6)96-78(83)63-57-51-44-38-33-20-18-16-14-12-10-8-2/h71-75,80H,7-70H2,1-6H3,(H,85,86)(H,87,88)/t73-,74-,75-/m1/s1. The van der Waals surface area contributed by atoms with Gasteiger partial charge in [0.05, 0.1) is 26.4 Å². The van der Waals surface area contributed by atoms with E-state index < -0.39 is 97.5 Å². The summed E-state index contributed by atoms with van der Waals surface area (Å²) in [5.74, 6) is -0.607. The summed E-state index contributed by atoms with van der Waals surface area (Å²) in [6.45, 7) is 9.59. The fourth-order valence-electron chi connectivity index (χ4n) is 12.2. The van der Waals surface area contributed by atoms with E-state index in [1.54, 1.807) is 0 Å². The van der Waals surface area contributed by atoms with E-state index in [-0.39, 0.29) is 25.7 Å². The number of phosphoric acid groups is 2. The van der Waals surface area contributed by atoms with E-state index in [1.807, 2.05) is 0 Å². The van der Waals surface area contributed by atoms with Crippen LogP contribution in [0, 0.1) is 11.8 Å². The molecule has 0 spiro atoms. The second-order valence-corrected chi connectivity index (χ2v) is 32.3. The van der Waals surface area contributed by atoms with Crippen molar-refractivity contribution >= 4 is 39.5 Å². The van der Waals surface area contributed by atoms with Gasteiger partial charge in [-0.1, -0.05) is 363 Å². The molecule has 0 saturated carbocycles. The lowest BCUT2D eigenvalue weighted by Crippen LogP contribution is -2.30. The van der Waals surface area contributed by atoms with Gasteiger partial charge in [0, 0.05) is 25.7 Å². The summed E-state index contributed by atoms with van der Waals surface area (Å²) < 4.78 is 68.6. The number of unbranched alkanes of at least 4 members (excludes halogenated alkanes) is 48. The average molecular weight is 1440 g/mol. The number of carbonyl (C=O) groups is 4. The molecular formula is C79H154O17P2. The topological polar surface area (TPSA) is 237 Å². The first-order valence-electron chi connectivity index (χ1n) is 41.0. The van der Waals surface area contributed by atoms with Crippen LogP contribution in [0.1, 0.15) is 414 Å². The lowest BCUT2D eigenvalue weighted by atomic mass is 10.0. The molecule has 2 unspecified atom stereocenters. The Morgan fingerprint density at radius 3 is 0.694 bits per heavy atom. The summed E-state index contributed by atoms with van der Waals surface area (Å²) >= 11 is 0. The summed E-state index contributed by atoms with van der Waals surface area (Å²) in [7, 11) is -9.91. The van der Waals surface area contributed by atoms with Crippen molar-refractivity contribution in [1.29, 1.82) is 0 Å². The van der Waals surface area contributed by atoms with E-state index in [2.05, 4.69) is 41.5 Å². The monoisotopic (exact) mass is 1440 g/mol. The molecular weight excluding hydrogens is 1280 g/mol. The first-order valence-corrected chi connectivity index (χ1v) is 44.0. The fraction of sp³-hybridized carbons (Fsp3) is 0.949. The van der Waals surface area contributed by atoms with Crippen LogP contribution in [0.15, 0.2) is 0 Å². The molecule has 0 radical (unpaired) electrons. The van der Waals surface area contributed by atoms with Gasteiger partial charge in [-0.25, -0.2) is 9.13 Å². The summed E-state index contributed by atoms with van der Waals surface area (Å²) in [5, 5.41) is 10.6. The van der Waals surface area contributed by atoms with Gasteiger partial charge < -0.3 is 33.8 Å². The van der Waals surface area contributed by atoms with E-state index in [1.165, 1.54) is 225 Å². The van der Waals surface area contributed by atoms with Gasteiger partial charge in [0.1, 0.15) is 19.3 Å². The molecule has 0 rings (SSSR count). The zero-order chi connectivity index (χ0) is 72.1. The molecule has 0 aliphatic rings. The molecule has 582 valence electrons. The van der Waals surface area contributed by atoms with Crippen LogP contribution in [0.5, 0.6) is 0 Å². The largest absolute Gasteiger partial charge is 0.472 e. The molecule has 0 fully saturated rings. The maximum Gasteiger partial charge on any atom is 0.472 e. The molecule has 0 heterocycles. The maximum absolute atomic E-state index is 13.1. The molecule has 0 aliphatic carbocycles. The highest BCUT2D eigenvalue weighted by atomic mass is 31.2. The van der Waals surface area contributed by atoms with Crippen molar-refractivity contribution < 1.29 is 80.2 Å². The van der Waals surface area contributed by atoms with Gasteiger partial charge in [-0.3, -0.25) is 37.3 Å². The van der Waals surface area contributed by atoms with Crippen LogP contribution < -0.4 is 0 Å². The summed E-state index contributed by atoms with van der Waals surface area (Å²) in [4.78, 5) is 72.9. The summed E-state index contributed by atoms with van der Waals surface area (Å²) in [6.07, 6.45) is 59.7. The van der Waals surface area contributed by atoms with Crippen molar-refractivity contribution in [2.75, 3.05) is 39.6 Å². The Hall–Kier alpha value is -1.94. The Kier molecular flexibility index (Phi) is 69.3. The number of hydrogen-bond acceptors (Lipinski definition) is 15. The third-order valence-corrected chi connectivity index (χ3v) is 20.4. The normalized spacial score (nSPS) is 13.9. The van der Waals surface area contributed by atoms with Crippen LogP contribution in [0.2, 0.25) is 0 Å². The highest BCUT2D eigenvalue weighted by Crippen LogP contribution is 2.45. The van der Waals surface area contributed by atoms with Crippen LogP contribution in [0.3, 0.4) is 0 Å². The molecule has 0 aromatic rings. The number of phosphoric ester groups is 2. The molecule has 19 heteroatoms. The Balaban J connectivity index is 5.23. The smallest absolute Gasteiger partial charge is 0.462 e. The number of rotatable bonds is 78. The number of aliphatic hydroxyl groups is 1. The van der Waals surface area contributed by atoms with Crippen LogP contribution in [-0.2, 0) is 65.4 Å². The number of esters is 4.